The average molecular weight is 544 g/mol. The molecule has 0 bridgehead atoms. The van der Waals surface area contributed by atoms with Crippen molar-refractivity contribution in [3.63, 3.8) is 0 Å². The zero-order valence-electron chi connectivity index (χ0n) is 18.2. The maximum Gasteiger partial charge on any atom is 0.293 e. The third kappa shape index (κ3) is 4.71. The minimum absolute atomic E-state index is 0.302. The maximum absolute atomic E-state index is 12.9. The van der Waals surface area contributed by atoms with Gasteiger partial charge in [-0.1, -0.05) is 27.5 Å². The Bertz CT molecular complexity index is 1330. The minimum Gasteiger partial charge on any atom is -0.318 e. The summed E-state index contributed by atoms with van der Waals surface area (Å²) in [6, 6.07) is 14.5. The quantitative estimate of drug-likeness (QED) is 0.264. The number of amides is 2. The van der Waals surface area contributed by atoms with Gasteiger partial charge in [0.25, 0.3) is 11.1 Å². The van der Waals surface area contributed by atoms with Crippen molar-refractivity contribution in [3.05, 3.63) is 91.0 Å². The second-order valence-corrected chi connectivity index (χ2v) is 10.1. The standard InChI is InChI=1S/C25H20BrClN2O3S/c1-14-10-20(8-9-21(14)26)29-15(2)11-18(16(29)3)12-23-24(31)28(25(32)33-23)13-22(30)17-4-6-19(27)7-5-17/h4-12H,13H2,1-3H3/b23-12-. The molecule has 1 aromatic heterocycles. The van der Waals surface area contributed by atoms with Crippen LogP contribution in [0.1, 0.15) is 32.9 Å². The lowest BCUT2D eigenvalue weighted by molar-refractivity contribution is -0.122. The molecular formula is C25H20BrClN2O3S. The molecule has 8 heteroatoms. The summed E-state index contributed by atoms with van der Waals surface area (Å²) >= 11 is 10.2. The first-order chi connectivity index (χ1) is 15.7. The lowest BCUT2D eigenvalue weighted by Crippen LogP contribution is -2.33. The third-order valence-corrected chi connectivity index (χ3v) is 7.55. The predicted octanol–water partition coefficient (Wildman–Crippen LogP) is 6.74. The van der Waals surface area contributed by atoms with Gasteiger partial charge in [-0.25, -0.2) is 0 Å². The van der Waals surface area contributed by atoms with Crippen molar-refractivity contribution in [1.82, 2.24) is 9.47 Å². The SMILES string of the molecule is Cc1cc(-n2c(C)cc(/C=C3\SC(=O)N(CC(=O)c4ccc(Cl)cc4)C3=O)c2C)ccc1Br. The third-order valence-electron chi connectivity index (χ3n) is 5.50. The molecular weight excluding hydrogens is 524 g/mol. The van der Waals surface area contributed by atoms with Crippen molar-refractivity contribution in [1.29, 1.82) is 0 Å². The molecule has 2 aromatic carbocycles. The fourth-order valence-corrected chi connectivity index (χ4v) is 4.95. The van der Waals surface area contributed by atoms with Crippen LogP contribution in [0.4, 0.5) is 4.79 Å². The topological polar surface area (TPSA) is 59.4 Å². The van der Waals surface area contributed by atoms with E-state index < -0.39 is 11.1 Å². The van der Waals surface area contributed by atoms with Gasteiger partial charge in [0.1, 0.15) is 0 Å². The smallest absolute Gasteiger partial charge is 0.293 e. The highest BCUT2D eigenvalue weighted by Crippen LogP contribution is 2.34. The number of nitrogens with zero attached hydrogens (tertiary/aromatic N) is 2. The van der Waals surface area contributed by atoms with E-state index in [0.29, 0.717) is 15.5 Å². The van der Waals surface area contributed by atoms with Crippen LogP contribution < -0.4 is 0 Å². The van der Waals surface area contributed by atoms with E-state index in [2.05, 4.69) is 26.6 Å². The molecule has 3 aromatic rings. The van der Waals surface area contributed by atoms with Crippen LogP contribution in [-0.4, -0.2) is 32.9 Å². The van der Waals surface area contributed by atoms with E-state index >= 15 is 0 Å². The fraction of sp³-hybridized carbons (Fsp3) is 0.160. The van der Waals surface area contributed by atoms with Gasteiger partial charge < -0.3 is 4.57 Å². The lowest BCUT2D eigenvalue weighted by Gasteiger charge is -2.12. The molecule has 1 aliphatic heterocycles. The number of carbonyl (C=O) groups is 3. The number of imide groups is 1. The number of hydrogen-bond acceptors (Lipinski definition) is 4. The number of aromatic nitrogens is 1. The predicted molar refractivity (Wildman–Crippen MR) is 136 cm³/mol. The molecule has 1 saturated heterocycles. The number of rotatable bonds is 5. The van der Waals surface area contributed by atoms with Crippen molar-refractivity contribution < 1.29 is 14.4 Å². The Morgan fingerprint density at radius 2 is 1.76 bits per heavy atom. The van der Waals surface area contributed by atoms with Crippen LogP contribution >= 0.6 is 39.3 Å². The highest BCUT2D eigenvalue weighted by molar-refractivity contribution is 9.10. The highest BCUT2D eigenvalue weighted by atomic mass is 79.9. The van der Waals surface area contributed by atoms with E-state index in [0.717, 1.165) is 49.3 Å². The zero-order valence-corrected chi connectivity index (χ0v) is 21.3. The molecule has 0 radical (unpaired) electrons. The minimum atomic E-state index is -0.461. The molecule has 0 atom stereocenters. The van der Waals surface area contributed by atoms with E-state index in [-0.39, 0.29) is 12.3 Å². The van der Waals surface area contributed by atoms with Crippen LogP contribution in [0.2, 0.25) is 5.02 Å². The van der Waals surface area contributed by atoms with E-state index in [9.17, 15) is 14.4 Å². The van der Waals surface area contributed by atoms with Crippen molar-refractivity contribution in [3.8, 4) is 5.69 Å². The van der Waals surface area contributed by atoms with Crippen molar-refractivity contribution in [2.45, 2.75) is 20.8 Å². The first-order valence-electron chi connectivity index (χ1n) is 10.2. The van der Waals surface area contributed by atoms with Crippen LogP contribution in [0.25, 0.3) is 11.8 Å². The van der Waals surface area contributed by atoms with Crippen LogP contribution in [0.5, 0.6) is 0 Å². The molecule has 2 heterocycles. The number of thioether (sulfide) groups is 1. The number of aryl methyl sites for hydroxylation is 2. The number of Topliss-reactive ketones (excluding diaryl/α,β-unsaturated/α-hetero) is 1. The summed E-state index contributed by atoms with van der Waals surface area (Å²) in [6.45, 7) is 5.70. The summed E-state index contributed by atoms with van der Waals surface area (Å²) in [5, 5.41) is 0.0578. The van der Waals surface area contributed by atoms with Gasteiger partial charge in [-0.2, -0.15) is 0 Å². The van der Waals surface area contributed by atoms with E-state index in [1.165, 1.54) is 0 Å². The molecule has 0 aliphatic carbocycles. The molecule has 0 saturated carbocycles. The molecule has 0 spiro atoms. The summed E-state index contributed by atoms with van der Waals surface area (Å²) in [4.78, 5) is 39.3. The monoisotopic (exact) mass is 542 g/mol. The molecule has 168 valence electrons. The van der Waals surface area contributed by atoms with Gasteiger partial charge in [0.05, 0.1) is 11.4 Å². The summed E-state index contributed by atoms with van der Waals surface area (Å²) in [6.07, 6.45) is 1.72. The Kier molecular flexibility index (Phi) is 6.66. The molecule has 2 amide bonds. The van der Waals surface area contributed by atoms with Crippen LogP contribution in [0.15, 0.2) is 57.9 Å². The fourth-order valence-electron chi connectivity index (χ4n) is 3.75. The second-order valence-electron chi connectivity index (χ2n) is 7.79. The van der Waals surface area contributed by atoms with Gasteiger partial charge in [0.2, 0.25) is 0 Å². The summed E-state index contributed by atoms with van der Waals surface area (Å²) in [5.74, 6) is -0.782. The maximum atomic E-state index is 12.9. The van der Waals surface area contributed by atoms with E-state index in [4.69, 9.17) is 11.6 Å². The molecule has 5 nitrogen and oxygen atoms in total. The van der Waals surface area contributed by atoms with E-state index in [1.54, 1.807) is 30.3 Å². The Morgan fingerprint density at radius 1 is 1.06 bits per heavy atom. The number of benzene rings is 2. The summed E-state index contributed by atoms with van der Waals surface area (Å²) in [5.41, 5.74) is 5.36. The number of hydrogen-bond donors (Lipinski definition) is 0. The summed E-state index contributed by atoms with van der Waals surface area (Å²) < 4.78 is 3.15. The molecule has 0 N–H and O–H groups in total. The first-order valence-corrected chi connectivity index (χ1v) is 12.1. The number of carbonyl (C=O) groups excluding carboxylic acids is 3. The second kappa shape index (κ2) is 9.33. The van der Waals surface area contributed by atoms with Gasteiger partial charge in [-0.15, -0.1) is 0 Å². The lowest BCUT2D eigenvalue weighted by atomic mass is 10.1. The molecule has 1 aliphatic rings. The first kappa shape index (κ1) is 23.5. The Hall–Kier alpha value is -2.61. The summed E-state index contributed by atoms with van der Waals surface area (Å²) in [7, 11) is 0. The number of halogens is 2. The van der Waals surface area contributed by atoms with Crippen molar-refractivity contribution in [2.24, 2.45) is 0 Å². The van der Waals surface area contributed by atoms with Gasteiger partial charge >= 0.3 is 0 Å². The van der Waals surface area contributed by atoms with Gasteiger partial charge in [0, 0.05) is 32.1 Å². The van der Waals surface area contributed by atoms with Gasteiger partial charge in [-0.3, -0.25) is 19.3 Å². The van der Waals surface area contributed by atoms with Crippen LogP contribution in [0.3, 0.4) is 0 Å². The van der Waals surface area contributed by atoms with Crippen molar-refractivity contribution >= 4 is 62.3 Å². The van der Waals surface area contributed by atoms with Crippen LogP contribution in [0, 0.1) is 20.8 Å². The highest BCUT2D eigenvalue weighted by Gasteiger charge is 2.36. The molecule has 1 fully saturated rings. The van der Waals surface area contributed by atoms with Gasteiger partial charge in [-0.05, 0) is 98.3 Å². The Labute approximate surface area is 209 Å². The molecule has 4 rings (SSSR count). The molecule has 33 heavy (non-hydrogen) atoms. The van der Waals surface area contributed by atoms with Gasteiger partial charge in [0.15, 0.2) is 5.78 Å². The van der Waals surface area contributed by atoms with Crippen LogP contribution in [-0.2, 0) is 4.79 Å². The zero-order chi connectivity index (χ0) is 23.9. The Morgan fingerprint density at radius 3 is 2.42 bits per heavy atom. The molecule has 0 unspecified atom stereocenters. The largest absolute Gasteiger partial charge is 0.318 e. The van der Waals surface area contributed by atoms with E-state index in [1.807, 2.05) is 39.0 Å². The average Bonchev–Trinajstić information content (AvgIpc) is 3.20. The number of ketones is 1. The Balaban J connectivity index is 1.59. The van der Waals surface area contributed by atoms with Crippen molar-refractivity contribution in [2.75, 3.05) is 6.54 Å². The normalized spacial score (nSPS) is 15.1.